The van der Waals surface area contributed by atoms with Crippen LogP contribution in [-0.4, -0.2) is 6.10 Å². The Bertz CT molecular complexity index is 20.9. The summed E-state index contributed by atoms with van der Waals surface area (Å²) in [7, 11) is 0. The molecule has 0 heterocycles. The average molecular weight is 198 g/mol. The molecule has 0 rings (SSSR count). The van der Waals surface area contributed by atoms with Crippen molar-refractivity contribution >= 4 is 0 Å². The zero-order valence-corrected chi connectivity index (χ0v) is 7.19. The Hall–Kier alpha value is 1.15. The van der Waals surface area contributed by atoms with Gasteiger partial charge >= 0.3 is 55.9 Å². The molecule has 0 spiro atoms. The maximum absolute atomic E-state index is 4.92. The number of hydrogen-bond donors (Lipinski definition) is 0. The summed E-state index contributed by atoms with van der Waals surface area (Å²) in [6.07, 6.45) is 0.458. The van der Waals surface area contributed by atoms with Gasteiger partial charge in [-0.25, -0.2) is 0 Å². The van der Waals surface area contributed by atoms with Gasteiger partial charge in [0, 0.05) is 0 Å². The van der Waals surface area contributed by atoms with Gasteiger partial charge < -0.3 is 0 Å². The van der Waals surface area contributed by atoms with E-state index in [4.69, 9.17) is 1.70 Å². The second-order valence-corrected chi connectivity index (χ2v) is 2.04. The first-order valence-corrected chi connectivity index (χ1v) is 3.11. The molecule has 0 aromatic heterocycles. The van der Waals surface area contributed by atoms with Crippen LogP contribution < -0.4 is 0 Å². The SMILES string of the molecule is CC(C)[O][La]. The summed E-state index contributed by atoms with van der Waals surface area (Å²) in [5.41, 5.74) is 0. The van der Waals surface area contributed by atoms with Crippen LogP contribution in [0.1, 0.15) is 13.8 Å². The van der Waals surface area contributed by atoms with E-state index in [1.54, 1.807) is 0 Å². The molecule has 0 N–H and O–H groups in total. The van der Waals surface area contributed by atoms with Gasteiger partial charge in [0.05, 0.1) is 0 Å². The summed E-state index contributed by atoms with van der Waals surface area (Å²) < 4.78 is 4.92. The Morgan fingerprint density at radius 3 is 1.80 bits per heavy atom. The molecule has 2 heteroatoms. The van der Waals surface area contributed by atoms with Gasteiger partial charge in [-0.2, -0.15) is 0 Å². The van der Waals surface area contributed by atoms with Gasteiger partial charge in [0.15, 0.2) is 0 Å². The molecular formula is C3H7LaO. The topological polar surface area (TPSA) is 9.23 Å². The Morgan fingerprint density at radius 1 is 1.60 bits per heavy atom. The molecule has 0 aromatic carbocycles. The van der Waals surface area contributed by atoms with Gasteiger partial charge in [0.25, 0.3) is 0 Å². The van der Waals surface area contributed by atoms with Gasteiger partial charge in [-0.1, -0.05) is 0 Å². The molecule has 0 amide bonds. The summed E-state index contributed by atoms with van der Waals surface area (Å²) in [6.45, 7) is 4.08. The molecule has 0 atom stereocenters. The van der Waals surface area contributed by atoms with E-state index in [2.05, 4.69) is 0 Å². The molecule has 0 radical (unpaired) electrons. The third-order valence-corrected chi connectivity index (χ3v) is 1.98. The molecule has 0 aliphatic heterocycles. The van der Waals surface area contributed by atoms with Crippen LogP contribution in [0.15, 0.2) is 0 Å². The molecule has 1 nitrogen and oxygen atoms in total. The van der Waals surface area contributed by atoms with E-state index in [0.717, 1.165) is 0 Å². The molecule has 0 saturated carbocycles. The third kappa shape index (κ3) is 5.15. The maximum atomic E-state index is 4.92. The normalized spacial score (nSPS) is 9.20. The first-order valence-electron chi connectivity index (χ1n) is 1.63. The van der Waals surface area contributed by atoms with E-state index < -0.39 is 0 Å². The Kier molecular flexibility index (Phi) is 4.12. The predicted octanol–water partition coefficient (Wildman–Crippen LogP) is 0.876. The molecule has 0 saturated heterocycles. The molecule has 0 aliphatic rings. The number of rotatable bonds is 1. The molecule has 0 aromatic rings. The first kappa shape index (κ1) is 6.15. The molecule has 28 valence electrons. The van der Waals surface area contributed by atoms with Gasteiger partial charge in [0.1, 0.15) is 0 Å². The van der Waals surface area contributed by atoms with Crippen LogP contribution in [0.25, 0.3) is 0 Å². The van der Waals surface area contributed by atoms with Crippen LogP contribution in [0.4, 0.5) is 0 Å². The third-order valence-electron chi connectivity index (χ3n) is 0.272. The van der Waals surface area contributed by atoms with Crippen LogP contribution in [0.5, 0.6) is 0 Å². The summed E-state index contributed by atoms with van der Waals surface area (Å²) in [4.78, 5) is 0. The van der Waals surface area contributed by atoms with E-state index in [-0.39, 0.29) is 0 Å². The van der Waals surface area contributed by atoms with E-state index in [9.17, 15) is 0 Å². The van der Waals surface area contributed by atoms with Gasteiger partial charge in [-0.3, -0.25) is 0 Å². The van der Waals surface area contributed by atoms with E-state index in [1.165, 1.54) is 0 Å². The van der Waals surface area contributed by atoms with Crippen LogP contribution >= 0.6 is 0 Å². The van der Waals surface area contributed by atoms with E-state index in [1.807, 2.05) is 13.8 Å². The monoisotopic (exact) mass is 198 g/mol. The zero-order valence-electron chi connectivity index (χ0n) is 3.56. The van der Waals surface area contributed by atoms with E-state index >= 15 is 0 Å². The summed E-state index contributed by atoms with van der Waals surface area (Å²) >= 11 is 0.708. The molecule has 0 fully saturated rings. The Morgan fingerprint density at radius 2 is 1.80 bits per heavy atom. The summed E-state index contributed by atoms with van der Waals surface area (Å²) in [5, 5.41) is 0. The molecular weight excluding hydrogens is 191 g/mol. The fourth-order valence-corrected chi connectivity index (χ4v) is 0. The summed E-state index contributed by atoms with van der Waals surface area (Å²) in [6, 6.07) is 0. The molecule has 0 aliphatic carbocycles. The quantitative estimate of drug-likeness (QED) is 0.607. The van der Waals surface area contributed by atoms with Crippen molar-refractivity contribution in [2.75, 3.05) is 0 Å². The first-order chi connectivity index (χ1) is 2.27. The van der Waals surface area contributed by atoms with Gasteiger partial charge in [-0.05, 0) is 0 Å². The van der Waals surface area contributed by atoms with Crippen LogP contribution in [-0.2, 0) is 1.70 Å². The number of hydrogen-bond acceptors (Lipinski definition) is 1. The Labute approximate surface area is 55.6 Å². The second-order valence-electron chi connectivity index (χ2n) is 1.18. The van der Waals surface area contributed by atoms with Crippen LogP contribution in [0.3, 0.4) is 0 Å². The van der Waals surface area contributed by atoms with Crippen LogP contribution in [0.2, 0.25) is 0 Å². The van der Waals surface area contributed by atoms with Gasteiger partial charge in [-0.15, -0.1) is 0 Å². The molecule has 5 heavy (non-hydrogen) atoms. The van der Waals surface area contributed by atoms with Crippen molar-refractivity contribution in [2.24, 2.45) is 0 Å². The molecule has 0 unspecified atom stereocenters. The van der Waals surface area contributed by atoms with Crippen molar-refractivity contribution in [3.8, 4) is 0 Å². The minimum atomic E-state index is 0.458. The van der Waals surface area contributed by atoms with Gasteiger partial charge in [0.2, 0.25) is 0 Å². The van der Waals surface area contributed by atoms with E-state index in [0.29, 0.717) is 40.4 Å². The minimum absolute atomic E-state index is 0.458. The standard InChI is InChI=1S/C3H7O.La/c1-3(2)4;/h3H,1-2H3;/q-1;+1. The average Bonchev–Trinajstić information content (AvgIpc) is 1.38. The zero-order chi connectivity index (χ0) is 4.28. The summed E-state index contributed by atoms with van der Waals surface area (Å²) in [5.74, 6) is 0. The van der Waals surface area contributed by atoms with Crippen molar-refractivity contribution in [3.05, 3.63) is 0 Å². The van der Waals surface area contributed by atoms with Crippen LogP contribution in [0, 0.1) is 34.3 Å². The van der Waals surface area contributed by atoms with Crippen molar-refractivity contribution in [3.63, 3.8) is 0 Å². The van der Waals surface area contributed by atoms with Crippen molar-refractivity contribution in [2.45, 2.75) is 20.0 Å². The fraction of sp³-hybridized carbons (Fsp3) is 1.00. The van der Waals surface area contributed by atoms with Crippen molar-refractivity contribution in [1.82, 2.24) is 0 Å². The fourth-order valence-electron chi connectivity index (χ4n) is 0. The predicted molar refractivity (Wildman–Crippen MR) is 16.2 cm³/mol. The Balaban J connectivity index is 2.54. The second kappa shape index (κ2) is 3.35. The van der Waals surface area contributed by atoms with Crippen molar-refractivity contribution in [1.29, 1.82) is 0 Å². The van der Waals surface area contributed by atoms with Crippen molar-refractivity contribution < 1.29 is 36.0 Å². The molecule has 0 bridgehead atoms.